The lowest BCUT2D eigenvalue weighted by molar-refractivity contribution is 0.593. The van der Waals surface area contributed by atoms with E-state index >= 15 is 0 Å². The number of nitrogens with zero attached hydrogens (tertiary/aromatic N) is 3. The van der Waals surface area contributed by atoms with Crippen LogP contribution in [0, 0.1) is 0 Å². The normalized spacial score (nSPS) is 25.6. The lowest BCUT2D eigenvalue weighted by atomic mass is 10.3. The molecule has 2 unspecified atom stereocenters. The van der Waals surface area contributed by atoms with Crippen molar-refractivity contribution in [3.05, 3.63) is 5.82 Å². The fourth-order valence-corrected chi connectivity index (χ4v) is 2.42. The average molecular weight is 212 g/mol. The van der Waals surface area contributed by atoms with E-state index in [1.165, 1.54) is 0 Å². The van der Waals surface area contributed by atoms with Crippen LogP contribution in [0.15, 0.2) is 5.16 Å². The molecule has 1 aliphatic heterocycles. The molecular formula is C9H16N4S. The largest absolute Gasteiger partial charge is 0.318 e. The van der Waals surface area contributed by atoms with E-state index in [-0.39, 0.29) is 0 Å². The number of hydrogen-bond acceptors (Lipinski definition) is 4. The quantitative estimate of drug-likeness (QED) is 0.809. The third-order valence-corrected chi connectivity index (χ3v) is 3.76. The molecule has 0 saturated heterocycles. The maximum Gasteiger partial charge on any atom is 0.210 e. The first-order valence-electron chi connectivity index (χ1n) is 5.10. The van der Waals surface area contributed by atoms with Crippen molar-refractivity contribution in [1.82, 2.24) is 14.9 Å². The third-order valence-electron chi connectivity index (χ3n) is 2.50. The van der Waals surface area contributed by atoms with Crippen LogP contribution in [0.3, 0.4) is 0 Å². The van der Waals surface area contributed by atoms with Crippen LogP contribution in [-0.2, 0) is 6.42 Å². The molecule has 5 heteroatoms. The van der Waals surface area contributed by atoms with E-state index in [0.717, 1.165) is 23.8 Å². The topological polar surface area (TPSA) is 42.7 Å². The van der Waals surface area contributed by atoms with Crippen molar-refractivity contribution in [1.29, 1.82) is 0 Å². The van der Waals surface area contributed by atoms with Crippen LogP contribution in [0.25, 0.3) is 0 Å². The van der Waals surface area contributed by atoms with Crippen molar-refractivity contribution in [2.45, 2.75) is 50.1 Å². The van der Waals surface area contributed by atoms with E-state index in [1.807, 2.05) is 4.68 Å². The molecule has 4 nitrogen and oxygen atoms in total. The fourth-order valence-electron chi connectivity index (χ4n) is 1.47. The zero-order chi connectivity index (χ0) is 10.1. The first-order valence-corrected chi connectivity index (χ1v) is 5.97. The Hall–Kier alpha value is -0.710. The van der Waals surface area contributed by atoms with E-state index in [2.05, 4.69) is 36.4 Å². The summed E-state index contributed by atoms with van der Waals surface area (Å²) in [6.45, 7) is 6.56. The predicted octanol–water partition coefficient (Wildman–Crippen LogP) is 1.66. The number of fused-ring (bicyclic) bond motifs is 1. The highest BCUT2D eigenvalue weighted by Crippen LogP contribution is 2.28. The standard InChI is InChI=1S/C9H16N4S/c1-4-5-8-10-11-9-13(8)12-6(2)7(3)14-9/h6-7,12H,4-5H2,1-3H3. The van der Waals surface area contributed by atoms with Crippen molar-refractivity contribution < 1.29 is 0 Å². The van der Waals surface area contributed by atoms with Gasteiger partial charge in [-0.15, -0.1) is 10.2 Å². The summed E-state index contributed by atoms with van der Waals surface area (Å²) in [4.78, 5) is 0. The fraction of sp³-hybridized carbons (Fsp3) is 0.778. The van der Waals surface area contributed by atoms with Gasteiger partial charge in [-0.1, -0.05) is 25.6 Å². The van der Waals surface area contributed by atoms with E-state index < -0.39 is 0 Å². The molecule has 0 amide bonds. The number of rotatable bonds is 2. The van der Waals surface area contributed by atoms with Gasteiger partial charge in [0.05, 0.1) is 6.04 Å². The minimum atomic E-state index is 0.471. The summed E-state index contributed by atoms with van der Waals surface area (Å²) < 4.78 is 2.04. The number of aromatic nitrogens is 3. The van der Waals surface area contributed by atoms with Crippen molar-refractivity contribution in [3.63, 3.8) is 0 Å². The molecular weight excluding hydrogens is 196 g/mol. The van der Waals surface area contributed by atoms with Crippen LogP contribution >= 0.6 is 11.8 Å². The molecule has 1 N–H and O–H groups in total. The highest BCUT2D eigenvalue weighted by atomic mass is 32.2. The Kier molecular flexibility index (Phi) is 2.67. The molecule has 0 radical (unpaired) electrons. The lowest BCUT2D eigenvalue weighted by Crippen LogP contribution is -2.37. The van der Waals surface area contributed by atoms with Crippen LogP contribution in [0.1, 0.15) is 33.0 Å². The summed E-state index contributed by atoms with van der Waals surface area (Å²) in [6, 6.07) is 0.471. The van der Waals surface area contributed by atoms with Crippen molar-refractivity contribution >= 4 is 11.8 Å². The van der Waals surface area contributed by atoms with Crippen LogP contribution in [0.2, 0.25) is 0 Å². The van der Waals surface area contributed by atoms with Gasteiger partial charge in [-0.3, -0.25) is 0 Å². The maximum absolute atomic E-state index is 4.19. The van der Waals surface area contributed by atoms with Gasteiger partial charge in [0, 0.05) is 11.7 Å². The zero-order valence-corrected chi connectivity index (χ0v) is 9.64. The molecule has 1 aromatic heterocycles. The highest BCUT2D eigenvalue weighted by Gasteiger charge is 2.25. The van der Waals surface area contributed by atoms with Gasteiger partial charge in [-0.25, -0.2) is 4.68 Å². The Labute approximate surface area is 88.5 Å². The summed E-state index contributed by atoms with van der Waals surface area (Å²) in [7, 11) is 0. The first kappa shape index (κ1) is 9.83. The molecule has 0 bridgehead atoms. The second kappa shape index (κ2) is 3.81. The Morgan fingerprint density at radius 2 is 2.21 bits per heavy atom. The molecule has 0 aromatic carbocycles. The second-order valence-electron chi connectivity index (χ2n) is 3.72. The summed E-state index contributed by atoms with van der Waals surface area (Å²) >= 11 is 1.79. The van der Waals surface area contributed by atoms with Gasteiger partial charge in [-0.2, -0.15) is 0 Å². The maximum atomic E-state index is 4.19. The molecule has 0 aliphatic carbocycles. The minimum absolute atomic E-state index is 0.471. The molecule has 14 heavy (non-hydrogen) atoms. The molecule has 78 valence electrons. The van der Waals surface area contributed by atoms with Gasteiger partial charge in [0.2, 0.25) is 5.16 Å². The Morgan fingerprint density at radius 1 is 1.43 bits per heavy atom. The number of hydrogen-bond donors (Lipinski definition) is 1. The van der Waals surface area contributed by atoms with E-state index in [0.29, 0.717) is 11.3 Å². The van der Waals surface area contributed by atoms with Crippen LogP contribution in [0.4, 0.5) is 0 Å². The SMILES string of the molecule is CCCc1nnc2n1NC(C)C(C)S2. The molecule has 0 spiro atoms. The van der Waals surface area contributed by atoms with E-state index in [9.17, 15) is 0 Å². The van der Waals surface area contributed by atoms with Crippen molar-refractivity contribution in [2.75, 3.05) is 5.43 Å². The van der Waals surface area contributed by atoms with Crippen molar-refractivity contribution in [2.24, 2.45) is 0 Å². The molecule has 2 heterocycles. The van der Waals surface area contributed by atoms with E-state index in [1.54, 1.807) is 11.8 Å². The van der Waals surface area contributed by atoms with Crippen LogP contribution in [0.5, 0.6) is 0 Å². The Morgan fingerprint density at radius 3 is 2.93 bits per heavy atom. The van der Waals surface area contributed by atoms with Gasteiger partial charge >= 0.3 is 0 Å². The summed E-state index contributed by atoms with van der Waals surface area (Å²) in [6.07, 6.45) is 2.09. The third kappa shape index (κ3) is 1.61. The molecule has 0 fully saturated rings. The summed E-state index contributed by atoms with van der Waals surface area (Å²) in [5.41, 5.74) is 3.41. The van der Waals surface area contributed by atoms with Crippen LogP contribution < -0.4 is 5.43 Å². The molecule has 2 rings (SSSR count). The van der Waals surface area contributed by atoms with Gasteiger partial charge in [0.1, 0.15) is 0 Å². The smallest absolute Gasteiger partial charge is 0.210 e. The Balaban J connectivity index is 2.26. The lowest BCUT2D eigenvalue weighted by Gasteiger charge is -2.28. The van der Waals surface area contributed by atoms with Crippen LogP contribution in [-0.4, -0.2) is 26.2 Å². The Bertz CT molecular complexity index is 309. The van der Waals surface area contributed by atoms with Crippen molar-refractivity contribution in [3.8, 4) is 0 Å². The number of thioether (sulfide) groups is 1. The van der Waals surface area contributed by atoms with Gasteiger partial charge in [0.25, 0.3) is 0 Å². The van der Waals surface area contributed by atoms with Gasteiger partial charge < -0.3 is 5.43 Å². The zero-order valence-electron chi connectivity index (χ0n) is 8.82. The summed E-state index contributed by atoms with van der Waals surface area (Å²) in [5.74, 6) is 1.05. The monoisotopic (exact) mass is 212 g/mol. The molecule has 2 atom stereocenters. The molecule has 1 aromatic rings. The molecule has 0 saturated carbocycles. The van der Waals surface area contributed by atoms with E-state index in [4.69, 9.17) is 0 Å². The average Bonchev–Trinajstić information content (AvgIpc) is 2.51. The van der Waals surface area contributed by atoms with Gasteiger partial charge in [-0.05, 0) is 13.3 Å². The number of aryl methyl sites for hydroxylation is 1. The van der Waals surface area contributed by atoms with Gasteiger partial charge in [0.15, 0.2) is 5.82 Å². The summed E-state index contributed by atoms with van der Waals surface area (Å²) in [5, 5.41) is 9.92. The molecule has 1 aliphatic rings. The highest BCUT2D eigenvalue weighted by molar-refractivity contribution is 7.99. The number of nitrogens with one attached hydrogen (secondary N) is 1. The second-order valence-corrected chi connectivity index (χ2v) is 5.07. The first-order chi connectivity index (χ1) is 6.72. The predicted molar refractivity (Wildman–Crippen MR) is 58.2 cm³/mol. The minimum Gasteiger partial charge on any atom is -0.318 e.